The largest absolute Gasteiger partial charge is 0.380 e. The number of hydrogen-bond donors (Lipinski definition) is 1. The van der Waals surface area contributed by atoms with Crippen molar-refractivity contribution in [3.8, 4) is 12.3 Å². The van der Waals surface area contributed by atoms with Crippen LogP contribution >= 0.6 is 0 Å². The van der Waals surface area contributed by atoms with E-state index < -0.39 is 0 Å². The SMILES string of the molecule is C#CCOC(C)(C)COC(C)(C)CCOCCN. The van der Waals surface area contributed by atoms with Crippen LogP contribution in [0.5, 0.6) is 0 Å². The fourth-order valence-corrected chi connectivity index (χ4v) is 1.22. The molecule has 0 saturated carbocycles. The lowest BCUT2D eigenvalue weighted by atomic mass is 10.0. The molecule has 0 bridgehead atoms. The zero-order valence-electron chi connectivity index (χ0n) is 12.1. The summed E-state index contributed by atoms with van der Waals surface area (Å²) >= 11 is 0. The van der Waals surface area contributed by atoms with Crippen molar-refractivity contribution in [3.63, 3.8) is 0 Å². The third-order valence-corrected chi connectivity index (χ3v) is 2.47. The molecule has 0 radical (unpaired) electrons. The highest BCUT2D eigenvalue weighted by atomic mass is 16.6. The predicted octanol–water partition coefficient (Wildman–Crippen LogP) is 1.58. The van der Waals surface area contributed by atoms with Crippen LogP contribution in [-0.4, -0.2) is 44.2 Å². The summed E-state index contributed by atoms with van der Waals surface area (Å²) in [6, 6.07) is 0. The van der Waals surface area contributed by atoms with Gasteiger partial charge in [-0.15, -0.1) is 6.42 Å². The van der Waals surface area contributed by atoms with Crippen LogP contribution in [0.1, 0.15) is 34.1 Å². The Hall–Kier alpha value is -0.600. The van der Waals surface area contributed by atoms with Crippen LogP contribution in [0, 0.1) is 12.3 Å². The summed E-state index contributed by atoms with van der Waals surface area (Å²) in [6.07, 6.45) is 5.99. The fraction of sp³-hybridized carbons (Fsp3) is 0.857. The Morgan fingerprint density at radius 3 is 2.28 bits per heavy atom. The van der Waals surface area contributed by atoms with E-state index in [4.69, 9.17) is 26.4 Å². The predicted molar refractivity (Wildman–Crippen MR) is 73.4 cm³/mol. The van der Waals surface area contributed by atoms with Gasteiger partial charge in [0.2, 0.25) is 0 Å². The second-order valence-electron chi connectivity index (χ2n) is 5.45. The molecule has 0 amide bonds. The van der Waals surface area contributed by atoms with Gasteiger partial charge in [0, 0.05) is 13.2 Å². The van der Waals surface area contributed by atoms with Gasteiger partial charge in [0.05, 0.1) is 24.4 Å². The van der Waals surface area contributed by atoms with E-state index in [-0.39, 0.29) is 11.2 Å². The Bertz CT molecular complexity index is 256. The summed E-state index contributed by atoms with van der Waals surface area (Å²) < 4.78 is 16.7. The average molecular weight is 257 g/mol. The standard InChI is InChI=1S/C14H27NO3/c1-6-9-17-14(4,5)12-18-13(2,3)7-10-16-11-8-15/h1H,7-12,15H2,2-5H3. The van der Waals surface area contributed by atoms with Gasteiger partial charge in [-0.2, -0.15) is 0 Å². The van der Waals surface area contributed by atoms with Crippen LogP contribution in [0.2, 0.25) is 0 Å². The molecule has 18 heavy (non-hydrogen) atoms. The molecule has 4 heteroatoms. The Kier molecular flexibility index (Phi) is 8.21. The molecule has 0 spiro atoms. The van der Waals surface area contributed by atoms with Gasteiger partial charge >= 0.3 is 0 Å². The lowest BCUT2D eigenvalue weighted by molar-refractivity contribution is -0.120. The third kappa shape index (κ3) is 9.43. The van der Waals surface area contributed by atoms with Gasteiger partial charge in [-0.1, -0.05) is 5.92 Å². The molecule has 2 N–H and O–H groups in total. The number of hydrogen-bond acceptors (Lipinski definition) is 4. The van der Waals surface area contributed by atoms with Crippen LogP contribution in [-0.2, 0) is 14.2 Å². The maximum atomic E-state index is 5.87. The van der Waals surface area contributed by atoms with Gasteiger partial charge in [-0.05, 0) is 34.1 Å². The Labute approximate surface area is 111 Å². The highest BCUT2D eigenvalue weighted by molar-refractivity contribution is 4.85. The van der Waals surface area contributed by atoms with Crippen molar-refractivity contribution in [2.24, 2.45) is 5.73 Å². The summed E-state index contributed by atoms with van der Waals surface area (Å²) in [5.74, 6) is 2.46. The van der Waals surface area contributed by atoms with Gasteiger partial charge in [-0.25, -0.2) is 0 Å². The van der Waals surface area contributed by atoms with Crippen LogP contribution < -0.4 is 5.73 Å². The quantitative estimate of drug-likeness (QED) is 0.477. The van der Waals surface area contributed by atoms with Crippen LogP contribution in [0.25, 0.3) is 0 Å². The smallest absolute Gasteiger partial charge is 0.108 e. The van der Waals surface area contributed by atoms with E-state index >= 15 is 0 Å². The van der Waals surface area contributed by atoms with Gasteiger partial charge in [0.25, 0.3) is 0 Å². The maximum absolute atomic E-state index is 5.87. The van der Waals surface area contributed by atoms with Crippen molar-refractivity contribution in [2.75, 3.05) is 33.0 Å². The highest BCUT2D eigenvalue weighted by Gasteiger charge is 2.25. The van der Waals surface area contributed by atoms with Gasteiger partial charge in [-0.3, -0.25) is 0 Å². The molecule has 0 rings (SSSR count). The van der Waals surface area contributed by atoms with E-state index in [0.29, 0.717) is 33.0 Å². The summed E-state index contributed by atoms with van der Waals surface area (Å²) in [4.78, 5) is 0. The van der Waals surface area contributed by atoms with E-state index in [9.17, 15) is 0 Å². The van der Waals surface area contributed by atoms with Crippen molar-refractivity contribution < 1.29 is 14.2 Å². The minimum absolute atomic E-state index is 0.245. The summed E-state index contributed by atoms with van der Waals surface area (Å²) in [5.41, 5.74) is 4.73. The van der Waals surface area contributed by atoms with Crippen molar-refractivity contribution in [2.45, 2.75) is 45.3 Å². The Balaban J connectivity index is 3.90. The van der Waals surface area contributed by atoms with E-state index in [0.717, 1.165) is 6.42 Å². The molecule has 0 aliphatic carbocycles. The molecule has 0 aromatic rings. The third-order valence-electron chi connectivity index (χ3n) is 2.47. The first kappa shape index (κ1) is 17.4. The molecule has 0 aromatic carbocycles. The first-order chi connectivity index (χ1) is 8.33. The van der Waals surface area contributed by atoms with Gasteiger partial charge < -0.3 is 19.9 Å². The monoisotopic (exact) mass is 257 g/mol. The lowest BCUT2D eigenvalue weighted by Crippen LogP contribution is -2.37. The molecule has 0 aliphatic heterocycles. The molecule has 0 atom stereocenters. The van der Waals surface area contributed by atoms with Crippen LogP contribution in [0.4, 0.5) is 0 Å². The minimum atomic E-state index is -0.373. The fourth-order valence-electron chi connectivity index (χ4n) is 1.22. The lowest BCUT2D eigenvalue weighted by Gasteiger charge is -2.31. The second-order valence-corrected chi connectivity index (χ2v) is 5.45. The first-order valence-corrected chi connectivity index (χ1v) is 6.32. The number of rotatable bonds is 10. The normalized spacial score (nSPS) is 12.4. The van der Waals surface area contributed by atoms with Crippen molar-refractivity contribution in [3.05, 3.63) is 0 Å². The number of nitrogens with two attached hydrogens (primary N) is 1. The summed E-state index contributed by atoms with van der Waals surface area (Å²) in [6.45, 7) is 10.6. The highest BCUT2D eigenvalue weighted by Crippen LogP contribution is 2.19. The van der Waals surface area contributed by atoms with E-state index in [1.54, 1.807) is 0 Å². The molecule has 0 aromatic heterocycles. The Morgan fingerprint density at radius 2 is 1.72 bits per heavy atom. The maximum Gasteiger partial charge on any atom is 0.108 e. The molecule has 0 saturated heterocycles. The summed E-state index contributed by atoms with van der Waals surface area (Å²) in [7, 11) is 0. The van der Waals surface area contributed by atoms with Gasteiger partial charge in [0.15, 0.2) is 0 Å². The average Bonchev–Trinajstić information content (AvgIpc) is 2.30. The number of terminal acetylenes is 1. The molecule has 4 nitrogen and oxygen atoms in total. The molecule has 0 unspecified atom stereocenters. The van der Waals surface area contributed by atoms with E-state index in [1.165, 1.54) is 0 Å². The molecule has 106 valence electrons. The van der Waals surface area contributed by atoms with Crippen molar-refractivity contribution >= 4 is 0 Å². The summed E-state index contributed by atoms with van der Waals surface area (Å²) in [5, 5.41) is 0. The van der Waals surface area contributed by atoms with Gasteiger partial charge in [0.1, 0.15) is 6.61 Å². The van der Waals surface area contributed by atoms with E-state index in [2.05, 4.69) is 5.92 Å². The van der Waals surface area contributed by atoms with Crippen molar-refractivity contribution in [1.29, 1.82) is 0 Å². The molecular formula is C14H27NO3. The molecule has 0 fully saturated rings. The molecule has 0 heterocycles. The zero-order chi connectivity index (χ0) is 14.1. The second kappa shape index (κ2) is 8.49. The van der Waals surface area contributed by atoms with Crippen molar-refractivity contribution in [1.82, 2.24) is 0 Å². The minimum Gasteiger partial charge on any atom is -0.380 e. The first-order valence-electron chi connectivity index (χ1n) is 6.32. The zero-order valence-corrected chi connectivity index (χ0v) is 12.1. The van der Waals surface area contributed by atoms with Crippen LogP contribution in [0.15, 0.2) is 0 Å². The Morgan fingerprint density at radius 1 is 1.06 bits per heavy atom. The van der Waals surface area contributed by atoms with Crippen LogP contribution in [0.3, 0.4) is 0 Å². The molecular weight excluding hydrogens is 230 g/mol. The topological polar surface area (TPSA) is 53.7 Å². The van der Waals surface area contributed by atoms with E-state index in [1.807, 2.05) is 27.7 Å². The number of ether oxygens (including phenoxy) is 3. The molecule has 0 aliphatic rings.